The van der Waals surface area contributed by atoms with Gasteiger partial charge < -0.3 is 16.4 Å². The Balaban J connectivity index is 1.99. The number of hydrogen-bond donors (Lipinski definition) is 3. The quantitative estimate of drug-likeness (QED) is 0.778. The van der Waals surface area contributed by atoms with Gasteiger partial charge in [0.15, 0.2) is 0 Å². The van der Waals surface area contributed by atoms with Crippen LogP contribution >= 0.6 is 11.3 Å². The van der Waals surface area contributed by atoms with E-state index in [1.165, 1.54) is 0 Å². The van der Waals surface area contributed by atoms with Gasteiger partial charge in [0.05, 0.1) is 6.04 Å². The smallest absolute Gasteiger partial charge is 0.316 e. The zero-order chi connectivity index (χ0) is 14.6. The van der Waals surface area contributed by atoms with Crippen molar-refractivity contribution in [2.45, 2.75) is 50.6 Å². The predicted molar refractivity (Wildman–Crippen MR) is 79.4 cm³/mol. The normalized spacial score (nSPS) is 18.4. The van der Waals surface area contributed by atoms with E-state index in [0.717, 1.165) is 24.1 Å². The zero-order valence-corrected chi connectivity index (χ0v) is 12.5. The highest BCUT2D eigenvalue weighted by molar-refractivity contribution is 7.10. The van der Waals surface area contributed by atoms with Gasteiger partial charge in [-0.2, -0.15) is 0 Å². The van der Waals surface area contributed by atoms with Crippen LogP contribution in [-0.4, -0.2) is 17.5 Å². The SMILES string of the molecule is CC[C@H](NC(=O)NC1(C(N)=O)CCCC1)c1cccs1. The van der Waals surface area contributed by atoms with Crippen LogP contribution in [0.2, 0.25) is 0 Å². The predicted octanol–water partition coefficient (Wildman–Crippen LogP) is 2.30. The van der Waals surface area contributed by atoms with Gasteiger partial charge in [-0.3, -0.25) is 4.79 Å². The molecule has 1 heterocycles. The number of hydrogen-bond acceptors (Lipinski definition) is 3. The highest BCUT2D eigenvalue weighted by Gasteiger charge is 2.41. The van der Waals surface area contributed by atoms with E-state index in [4.69, 9.17) is 5.73 Å². The molecule has 6 heteroatoms. The number of thiophene rings is 1. The first-order chi connectivity index (χ1) is 9.57. The Morgan fingerprint density at radius 2 is 2.15 bits per heavy atom. The molecule has 20 heavy (non-hydrogen) atoms. The molecule has 1 saturated carbocycles. The van der Waals surface area contributed by atoms with Crippen molar-refractivity contribution in [2.24, 2.45) is 5.73 Å². The monoisotopic (exact) mass is 295 g/mol. The van der Waals surface area contributed by atoms with E-state index in [2.05, 4.69) is 10.6 Å². The van der Waals surface area contributed by atoms with Gasteiger partial charge in [-0.1, -0.05) is 25.8 Å². The summed E-state index contributed by atoms with van der Waals surface area (Å²) in [5, 5.41) is 7.71. The van der Waals surface area contributed by atoms with Crippen molar-refractivity contribution in [3.05, 3.63) is 22.4 Å². The number of carbonyl (C=O) groups is 2. The number of amides is 3. The molecule has 0 aromatic carbocycles. The Kier molecular flexibility index (Phi) is 4.65. The van der Waals surface area contributed by atoms with Gasteiger partial charge in [0.2, 0.25) is 5.91 Å². The fraction of sp³-hybridized carbons (Fsp3) is 0.571. The Hall–Kier alpha value is -1.56. The maximum absolute atomic E-state index is 12.1. The van der Waals surface area contributed by atoms with Crippen LogP contribution in [0.25, 0.3) is 0 Å². The molecule has 0 saturated heterocycles. The third-order valence-electron chi connectivity index (χ3n) is 3.88. The molecule has 1 aliphatic carbocycles. The molecule has 1 fully saturated rings. The van der Waals surface area contributed by atoms with Gasteiger partial charge in [-0.05, 0) is 30.7 Å². The number of urea groups is 1. The lowest BCUT2D eigenvalue weighted by Crippen LogP contribution is -2.58. The number of primary amides is 1. The van der Waals surface area contributed by atoms with E-state index in [0.29, 0.717) is 12.8 Å². The summed E-state index contributed by atoms with van der Waals surface area (Å²) >= 11 is 1.61. The zero-order valence-electron chi connectivity index (χ0n) is 11.6. The average Bonchev–Trinajstić information content (AvgIpc) is 3.07. The molecule has 1 atom stereocenters. The van der Waals surface area contributed by atoms with Crippen LogP contribution < -0.4 is 16.4 Å². The molecule has 1 aliphatic rings. The Morgan fingerprint density at radius 1 is 1.45 bits per heavy atom. The maximum atomic E-state index is 12.1. The van der Waals surface area contributed by atoms with E-state index >= 15 is 0 Å². The van der Waals surface area contributed by atoms with Gasteiger partial charge in [0, 0.05) is 4.88 Å². The standard InChI is InChI=1S/C14H21N3O2S/c1-2-10(11-6-5-9-20-11)16-13(19)17-14(12(15)18)7-3-4-8-14/h5-6,9-10H,2-4,7-8H2,1H3,(H2,15,18)(H2,16,17,19)/t10-/m0/s1. The fourth-order valence-corrected chi connectivity index (χ4v) is 3.55. The molecule has 3 amide bonds. The topological polar surface area (TPSA) is 84.2 Å². The van der Waals surface area contributed by atoms with Crippen molar-refractivity contribution in [3.8, 4) is 0 Å². The summed E-state index contributed by atoms with van der Waals surface area (Å²) < 4.78 is 0. The van der Waals surface area contributed by atoms with Crippen molar-refractivity contribution >= 4 is 23.3 Å². The van der Waals surface area contributed by atoms with Crippen LogP contribution in [0, 0.1) is 0 Å². The van der Waals surface area contributed by atoms with E-state index in [1.54, 1.807) is 11.3 Å². The first-order valence-electron chi connectivity index (χ1n) is 6.99. The van der Waals surface area contributed by atoms with Gasteiger partial charge in [0.1, 0.15) is 5.54 Å². The van der Waals surface area contributed by atoms with Gasteiger partial charge in [0.25, 0.3) is 0 Å². The van der Waals surface area contributed by atoms with Crippen LogP contribution in [0.5, 0.6) is 0 Å². The number of carbonyl (C=O) groups excluding carboxylic acids is 2. The summed E-state index contributed by atoms with van der Waals surface area (Å²) in [6, 6.07) is 3.62. The first-order valence-corrected chi connectivity index (χ1v) is 7.87. The summed E-state index contributed by atoms with van der Waals surface area (Å²) in [6.07, 6.45) is 3.91. The van der Waals surface area contributed by atoms with Crippen LogP contribution in [0.3, 0.4) is 0 Å². The van der Waals surface area contributed by atoms with Gasteiger partial charge in [-0.25, -0.2) is 4.79 Å². The van der Waals surface area contributed by atoms with E-state index in [1.807, 2.05) is 24.4 Å². The summed E-state index contributed by atoms with van der Waals surface area (Å²) in [5.41, 5.74) is 4.60. The molecule has 0 spiro atoms. The number of nitrogens with one attached hydrogen (secondary N) is 2. The van der Waals surface area contributed by atoms with Crippen LogP contribution in [-0.2, 0) is 4.79 Å². The number of rotatable bonds is 5. The molecular formula is C14H21N3O2S. The van der Waals surface area contributed by atoms with Crippen molar-refractivity contribution in [1.29, 1.82) is 0 Å². The Morgan fingerprint density at radius 3 is 2.65 bits per heavy atom. The summed E-state index contributed by atoms with van der Waals surface area (Å²) in [7, 11) is 0. The van der Waals surface area contributed by atoms with Crippen molar-refractivity contribution < 1.29 is 9.59 Å². The van der Waals surface area contributed by atoms with Crippen molar-refractivity contribution in [2.75, 3.05) is 0 Å². The third-order valence-corrected chi connectivity index (χ3v) is 4.87. The van der Waals surface area contributed by atoms with Crippen LogP contribution in [0.1, 0.15) is 49.9 Å². The minimum atomic E-state index is -0.863. The molecule has 1 aromatic heterocycles. The van der Waals surface area contributed by atoms with E-state index in [-0.39, 0.29) is 12.1 Å². The van der Waals surface area contributed by atoms with Crippen molar-refractivity contribution in [1.82, 2.24) is 10.6 Å². The average molecular weight is 295 g/mol. The lowest BCUT2D eigenvalue weighted by atomic mass is 9.97. The molecular weight excluding hydrogens is 274 g/mol. The molecule has 1 aromatic rings. The highest BCUT2D eigenvalue weighted by atomic mass is 32.1. The highest BCUT2D eigenvalue weighted by Crippen LogP contribution is 2.29. The lowest BCUT2D eigenvalue weighted by molar-refractivity contribution is -0.123. The van der Waals surface area contributed by atoms with E-state index in [9.17, 15) is 9.59 Å². The van der Waals surface area contributed by atoms with Gasteiger partial charge >= 0.3 is 6.03 Å². The Labute approximate surface area is 122 Å². The molecule has 110 valence electrons. The van der Waals surface area contributed by atoms with E-state index < -0.39 is 11.4 Å². The summed E-state index contributed by atoms with van der Waals surface area (Å²) in [4.78, 5) is 24.9. The van der Waals surface area contributed by atoms with Gasteiger partial charge in [-0.15, -0.1) is 11.3 Å². The minimum Gasteiger partial charge on any atom is -0.368 e. The maximum Gasteiger partial charge on any atom is 0.316 e. The minimum absolute atomic E-state index is 0.0265. The molecule has 4 N–H and O–H groups in total. The number of nitrogens with two attached hydrogens (primary N) is 1. The summed E-state index contributed by atoms with van der Waals surface area (Å²) in [5.74, 6) is -0.436. The molecule has 0 aliphatic heterocycles. The molecule has 0 radical (unpaired) electrons. The third kappa shape index (κ3) is 3.12. The first kappa shape index (κ1) is 14.8. The van der Waals surface area contributed by atoms with Crippen LogP contribution in [0.15, 0.2) is 17.5 Å². The fourth-order valence-electron chi connectivity index (χ4n) is 2.69. The second kappa shape index (κ2) is 6.26. The second-order valence-corrected chi connectivity index (χ2v) is 6.21. The molecule has 0 bridgehead atoms. The second-order valence-electron chi connectivity index (χ2n) is 5.23. The van der Waals surface area contributed by atoms with Crippen LogP contribution in [0.4, 0.5) is 4.79 Å². The lowest BCUT2D eigenvalue weighted by Gasteiger charge is -2.28. The molecule has 0 unspecified atom stereocenters. The molecule has 2 rings (SSSR count). The largest absolute Gasteiger partial charge is 0.368 e. The van der Waals surface area contributed by atoms with Crippen molar-refractivity contribution in [3.63, 3.8) is 0 Å². The Bertz CT molecular complexity index is 467. The summed E-state index contributed by atoms with van der Waals surface area (Å²) in [6.45, 7) is 2.02. The molecule has 5 nitrogen and oxygen atoms in total.